The normalized spacial score (nSPS) is 11.6. The van der Waals surface area contributed by atoms with E-state index in [-0.39, 0.29) is 5.03 Å². The summed E-state index contributed by atoms with van der Waals surface area (Å²) in [5.74, 6) is 0. The molecule has 0 saturated carbocycles. The fourth-order valence-electron chi connectivity index (χ4n) is 1.69. The molecule has 0 saturated heterocycles. The Balaban J connectivity index is 2.30. The molecule has 0 amide bonds. The number of aromatic nitrogens is 2. The quantitative estimate of drug-likeness (QED) is 0.704. The van der Waals surface area contributed by atoms with E-state index in [1.807, 2.05) is 6.92 Å². The number of H-pyrrole nitrogens is 1. The highest BCUT2D eigenvalue weighted by atomic mass is 79.9. The summed E-state index contributed by atoms with van der Waals surface area (Å²) in [5.41, 5.74) is 0.866. The van der Waals surface area contributed by atoms with E-state index in [0.29, 0.717) is 22.8 Å². The van der Waals surface area contributed by atoms with Crippen molar-refractivity contribution in [1.29, 1.82) is 0 Å². The number of benzene rings is 1. The van der Waals surface area contributed by atoms with Crippen LogP contribution in [0, 0.1) is 0 Å². The van der Waals surface area contributed by atoms with E-state index in [0.717, 1.165) is 11.0 Å². The zero-order chi connectivity index (χ0) is 15.5. The topological polar surface area (TPSA) is 86.9 Å². The van der Waals surface area contributed by atoms with Crippen molar-refractivity contribution in [3.63, 3.8) is 0 Å². The van der Waals surface area contributed by atoms with E-state index in [1.54, 1.807) is 18.2 Å². The molecule has 2 rings (SSSR count). The van der Waals surface area contributed by atoms with Gasteiger partial charge >= 0.3 is 0 Å². The van der Waals surface area contributed by atoms with Crippen LogP contribution in [0.15, 0.2) is 33.9 Å². The summed E-state index contributed by atoms with van der Waals surface area (Å²) in [6, 6.07) is 4.93. The van der Waals surface area contributed by atoms with Gasteiger partial charge in [0.15, 0.2) is 5.03 Å². The number of nitrogens with zero attached hydrogens (tertiary/aromatic N) is 1. The second-order valence-electron chi connectivity index (χ2n) is 4.23. The van der Waals surface area contributed by atoms with Crippen molar-refractivity contribution in [3.05, 3.63) is 39.5 Å². The monoisotopic (exact) mass is 392 g/mol. The molecule has 0 atom stereocenters. The Kier molecular flexibility index (Phi) is 5.26. The van der Waals surface area contributed by atoms with Gasteiger partial charge in [0, 0.05) is 16.6 Å². The maximum Gasteiger partial charge on any atom is 0.279 e. The van der Waals surface area contributed by atoms with Gasteiger partial charge in [-0.2, -0.15) is 13.5 Å². The van der Waals surface area contributed by atoms with Crippen molar-refractivity contribution in [2.45, 2.75) is 18.5 Å². The fourth-order valence-corrected chi connectivity index (χ4v) is 3.47. The van der Waals surface area contributed by atoms with Gasteiger partial charge in [0.1, 0.15) is 0 Å². The molecule has 0 spiro atoms. The van der Waals surface area contributed by atoms with E-state index >= 15 is 0 Å². The Morgan fingerprint density at radius 2 is 2.19 bits per heavy atom. The lowest BCUT2D eigenvalue weighted by molar-refractivity contribution is 0.594. The van der Waals surface area contributed by atoms with Crippen LogP contribution in [0.5, 0.6) is 0 Å². The van der Waals surface area contributed by atoms with Crippen LogP contribution < -0.4 is 10.0 Å². The van der Waals surface area contributed by atoms with Gasteiger partial charge in [-0.05, 0) is 24.7 Å². The number of aromatic amines is 1. The van der Waals surface area contributed by atoms with E-state index < -0.39 is 10.0 Å². The SMILES string of the molecule is CCNCc1cn[nH]c1S(=O)(=O)Nc1cc(Br)ccc1Cl. The van der Waals surface area contributed by atoms with E-state index in [4.69, 9.17) is 11.6 Å². The summed E-state index contributed by atoms with van der Waals surface area (Å²) in [6.07, 6.45) is 1.49. The third-order valence-electron chi connectivity index (χ3n) is 2.69. The second-order valence-corrected chi connectivity index (χ2v) is 7.18. The first-order chi connectivity index (χ1) is 9.94. The van der Waals surface area contributed by atoms with Gasteiger partial charge in [0.2, 0.25) is 0 Å². The van der Waals surface area contributed by atoms with Crippen LogP contribution in [0.2, 0.25) is 5.02 Å². The molecule has 1 aromatic heterocycles. The molecule has 0 unspecified atom stereocenters. The summed E-state index contributed by atoms with van der Waals surface area (Å²) in [6.45, 7) is 3.08. The van der Waals surface area contributed by atoms with Gasteiger partial charge in [-0.25, -0.2) is 0 Å². The van der Waals surface area contributed by atoms with Gasteiger partial charge in [0.25, 0.3) is 10.0 Å². The second kappa shape index (κ2) is 6.78. The first-order valence-electron chi connectivity index (χ1n) is 6.15. The van der Waals surface area contributed by atoms with Crippen molar-refractivity contribution < 1.29 is 8.42 Å². The number of sulfonamides is 1. The molecule has 0 aliphatic carbocycles. The Bertz CT molecular complexity index is 733. The Morgan fingerprint density at radius 3 is 2.90 bits per heavy atom. The molecule has 0 aliphatic heterocycles. The standard InChI is InChI=1S/C12H14BrClN4O2S/c1-2-15-6-8-7-16-17-12(8)21(19,20)18-11-5-9(13)3-4-10(11)14/h3-5,7,15,18H,2,6H2,1H3,(H,16,17). The third kappa shape index (κ3) is 3.97. The van der Waals surface area contributed by atoms with Gasteiger partial charge in [-0.15, -0.1) is 0 Å². The summed E-state index contributed by atoms with van der Waals surface area (Å²) < 4.78 is 28.0. The zero-order valence-electron chi connectivity index (χ0n) is 11.2. The van der Waals surface area contributed by atoms with Crippen molar-refractivity contribution in [2.24, 2.45) is 0 Å². The molecule has 6 nitrogen and oxygen atoms in total. The fraction of sp³-hybridized carbons (Fsp3) is 0.250. The number of hydrogen-bond acceptors (Lipinski definition) is 4. The number of rotatable bonds is 6. The van der Waals surface area contributed by atoms with Gasteiger partial charge in [0.05, 0.1) is 16.9 Å². The molecule has 1 aromatic carbocycles. The largest absolute Gasteiger partial charge is 0.313 e. The third-order valence-corrected chi connectivity index (χ3v) is 4.89. The Hall–Kier alpha value is -1.09. The van der Waals surface area contributed by atoms with Crippen LogP contribution in [0.4, 0.5) is 5.69 Å². The first-order valence-corrected chi connectivity index (χ1v) is 8.80. The smallest absolute Gasteiger partial charge is 0.279 e. The molecule has 1 heterocycles. The van der Waals surface area contributed by atoms with Crippen molar-refractivity contribution >= 4 is 43.2 Å². The molecular weight excluding hydrogens is 380 g/mol. The van der Waals surface area contributed by atoms with Crippen LogP contribution in [-0.2, 0) is 16.6 Å². The number of nitrogens with one attached hydrogen (secondary N) is 3. The predicted molar refractivity (Wildman–Crippen MR) is 85.9 cm³/mol. The summed E-state index contributed by atoms with van der Waals surface area (Å²) >= 11 is 9.28. The number of anilines is 1. The van der Waals surface area contributed by atoms with Gasteiger partial charge in [-0.3, -0.25) is 9.82 Å². The maximum atomic E-state index is 12.4. The average Bonchev–Trinajstić information content (AvgIpc) is 2.89. The lowest BCUT2D eigenvalue weighted by Crippen LogP contribution is -2.18. The van der Waals surface area contributed by atoms with Crippen LogP contribution in [-0.4, -0.2) is 25.2 Å². The van der Waals surface area contributed by atoms with Crippen molar-refractivity contribution in [3.8, 4) is 0 Å². The van der Waals surface area contributed by atoms with Crippen LogP contribution in [0.1, 0.15) is 12.5 Å². The highest BCUT2D eigenvalue weighted by molar-refractivity contribution is 9.10. The van der Waals surface area contributed by atoms with E-state index in [2.05, 4.69) is 36.2 Å². The van der Waals surface area contributed by atoms with Gasteiger partial charge < -0.3 is 5.32 Å². The molecule has 3 N–H and O–H groups in total. The molecule has 0 bridgehead atoms. The minimum atomic E-state index is -3.78. The molecule has 0 fully saturated rings. The predicted octanol–water partition coefficient (Wildman–Crippen LogP) is 2.74. The minimum Gasteiger partial charge on any atom is -0.313 e. The summed E-state index contributed by atoms with van der Waals surface area (Å²) in [5, 5.41) is 9.71. The number of hydrogen-bond donors (Lipinski definition) is 3. The molecule has 0 radical (unpaired) electrons. The molecule has 114 valence electrons. The Labute approximate surface area is 136 Å². The lowest BCUT2D eigenvalue weighted by Gasteiger charge is -2.10. The van der Waals surface area contributed by atoms with Crippen molar-refractivity contribution in [1.82, 2.24) is 15.5 Å². The average molecular weight is 394 g/mol. The molecule has 21 heavy (non-hydrogen) atoms. The minimum absolute atomic E-state index is 0.0273. The van der Waals surface area contributed by atoms with Crippen LogP contribution in [0.3, 0.4) is 0 Å². The summed E-state index contributed by atoms with van der Waals surface area (Å²) in [7, 11) is -3.78. The Morgan fingerprint density at radius 1 is 1.43 bits per heavy atom. The molecular formula is C12H14BrClN4O2S. The molecule has 0 aliphatic rings. The molecule has 2 aromatic rings. The van der Waals surface area contributed by atoms with Gasteiger partial charge in [-0.1, -0.05) is 34.5 Å². The first kappa shape index (κ1) is 16.3. The highest BCUT2D eigenvalue weighted by Crippen LogP contribution is 2.28. The zero-order valence-corrected chi connectivity index (χ0v) is 14.3. The highest BCUT2D eigenvalue weighted by Gasteiger charge is 2.21. The lowest BCUT2D eigenvalue weighted by atomic mass is 10.3. The maximum absolute atomic E-state index is 12.4. The number of halogens is 2. The molecule has 9 heteroatoms. The van der Waals surface area contributed by atoms with E-state index in [1.165, 1.54) is 6.20 Å². The van der Waals surface area contributed by atoms with Crippen LogP contribution >= 0.6 is 27.5 Å². The summed E-state index contributed by atoms with van der Waals surface area (Å²) in [4.78, 5) is 0. The van der Waals surface area contributed by atoms with Crippen LogP contribution in [0.25, 0.3) is 0 Å². The van der Waals surface area contributed by atoms with Crippen molar-refractivity contribution in [2.75, 3.05) is 11.3 Å². The van der Waals surface area contributed by atoms with E-state index in [9.17, 15) is 8.42 Å².